The molecule has 2 heterocycles. The number of amides is 1. The van der Waals surface area contributed by atoms with Crippen molar-refractivity contribution in [2.24, 2.45) is 0 Å². The molecule has 1 aromatic heterocycles. The molecule has 0 spiro atoms. The second-order valence-corrected chi connectivity index (χ2v) is 7.93. The van der Waals surface area contributed by atoms with Crippen LogP contribution in [-0.2, 0) is 19.5 Å². The summed E-state index contributed by atoms with van der Waals surface area (Å²) in [7, 11) is 3.27. The Kier molecular flexibility index (Phi) is 6.70. The summed E-state index contributed by atoms with van der Waals surface area (Å²) in [5.74, 6) is 3.09. The molecule has 1 aliphatic rings. The number of nitrogens with zero attached hydrogens (tertiary/aromatic N) is 4. The number of nitrogens with one attached hydrogen (secondary N) is 1. The van der Waals surface area contributed by atoms with Crippen LogP contribution in [0.15, 0.2) is 48.5 Å². The van der Waals surface area contributed by atoms with Crippen LogP contribution in [0.4, 0.5) is 0 Å². The van der Waals surface area contributed by atoms with E-state index in [0.717, 1.165) is 50.0 Å². The zero-order valence-corrected chi connectivity index (χ0v) is 18.7. The Morgan fingerprint density at radius 3 is 2.56 bits per heavy atom. The van der Waals surface area contributed by atoms with Gasteiger partial charge in [0.1, 0.15) is 17.3 Å². The number of hydrogen-bond acceptors (Lipinski definition) is 6. The van der Waals surface area contributed by atoms with Gasteiger partial charge in [0.25, 0.3) is 5.91 Å². The van der Waals surface area contributed by atoms with Crippen LogP contribution in [0.1, 0.15) is 40.5 Å². The maximum atomic E-state index is 12.7. The van der Waals surface area contributed by atoms with Gasteiger partial charge in [-0.2, -0.15) is 0 Å². The first-order chi connectivity index (χ1) is 15.6. The number of ether oxygens (including phenoxy) is 2. The second kappa shape index (κ2) is 9.82. The Labute approximate surface area is 188 Å². The summed E-state index contributed by atoms with van der Waals surface area (Å²) >= 11 is 0. The van der Waals surface area contributed by atoms with E-state index in [1.807, 2.05) is 25.1 Å². The van der Waals surface area contributed by atoms with Gasteiger partial charge in [-0.3, -0.25) is 9.69 Å². The summed E-state index contributed by atoms with van der Waals surface area (Å²) in [6, 6.07) is 15.0. The van der Waals surface area contributed by atoms with Crippen LogP contribution in [0.5, 0.6) is 11.5 Å². The van der Waals surface area contributed by atoms with E-state index in [4.69, 9.17) is 9.47 Å². The van der Waals surface area contributed by atoms with Crippen molar-refractivity contribution in [3.05, 3.63) is 71.3 Å². The number of aromatic nitrogens is 3. The minimum absolute atomic E-state index is 0.165. The molecule has 1 unspecified atom stereocenters. The molecule has 4 rings (SSSR count). The van der Waals surface area contributed by atoms with E-state index in [2.05, 4.69) is 37.1 Å². The fourth-order valence-corrected chi connectivity index (χ4v) is 4.01. The number of carbonyl (C=O) groups is 1. The van der Waals surface area contributed by atoms with Gasteiger partial charge in [-0.1, -0.05) is 18.2 Å². The fraction of sp³-hybridized carbons (Fsp3) is 0.375. The minimum atomic E-state index is -0.264. The second-order valence-electron chi connectivity index (χ2n) is 7.93. The number of carbonyl (C=O) groups excluding carboxylic acids is 1. The van der Waals surface area contributed by atoms with Gasteiger partial charge in [0.15, 0.2) is 5.82 Å². The molecule has 1 aliphatic heterocycles. The van der Waals surface area contributed by atoms with E-state index in [0.29, 0.717) is 11.3 Å². The quantitative estimate of drug-likeness (QED) is 0.615. The molecule has 3 aromatic rings. The van der Waals surface area contributed by atoms with Crippen LogP contribution in [-0.4, -0.2) is 52.9 Å². The normalized spacial score (nSPS) is 14.8. The van der Waals surface area contributed by atoms with Crippen LogP contribution < -0.4 is 14.8 Å². The number of benzene rings is 2. The number of hydrogen-bond donors (Lipinski definition) is 1. The lowest BCUT2D eigenvalue weighted by Gasteiger charge is -2.20. The van der Waals surface area contributed by atoms with Gasteiger partial charge >= 0.3 is 0 Å². The Morgan fingerprint density at radius 2 is 1.78 bits per heavy atom. The van der Waals surface area contributed by atoms with Crippen LogP contribution in [0.3, 0.4) is 0 Å². The minimum Gasteiger partial charge on any atom is -0.497 e. The Balaban J connectivity index is 1.41. The molecule has 1 N–H and O–H groups in total. The summed E-state index contributed by atoms with van der Waals surface area (Å²) in [5.41, 5.74) is 1.78. The van der Waals surface area contributed by atoms with Crippen molar-refractivity contribution in [1.82, 2.24) is 25.0 Å². The Hall–Kier alpha value is -3.39. The zero-order chi connectivity index (χ0) is 22.5. The standard InChI is InChI=1S/C24H29N5O3/c1-17(25-24(30)19-7-5-9-21(15-19)32-3)23-27-26-22-10-11-28(12-13-29(22)23)16-18-6-4-8-20(14-18)31-2/h4-9,14-15,17H,10-13,16H2,1-3H3,(H,25,30). The molecule has 0 radical (unpaired) electrons. The van der Waals surface area contributed by atoms with Gasteiger partial charge < -0.3 is 19.4 Å². The average Bonchev–Trinajstić information content (AvgIpc) is 3.13. The molecule has 0 saturated carbocycles. The fourth-order valence-electron chi connectivity index (χ4n) is 4.01. The number of methoxy groups -OCH3 is 2. The first-order valence-electron chi connectivity index (χ1n) is 10.8. The maximum absolute atomic E-state index is 12.7. The van der Waals surface area contributed by atoms with E-state index in [1.54, 1.807) is 32.4 Å². The molecule has 168 valence electrons. The zero-order valence-electron chi connectivity index (χ0n) is 18.7. The SMILES string of the molecule is COc1cccc(CN2CCc3nnc(C(C)NC(=O)c4cccc(OC)c4)n3CC2)c1. The highest BCUT2D eigenvalue weighted by Crippen LogP contribution is 2.19. The van der Waals surface area contributed by atoms with Crippen LogP contribution in [0.2, 0.25) is 0 Å². The highest BCUT2D eigenvalue weighted by molar-refractivity contribution is 5.94. The van der Waals surface area contributed by atoms with Crippen LogP contribution >= 0.6 is 0 Å². The number of fused-ring (bicyclic) bond motifs is 1. The van der Waals surface area contributed by atoms with E-state index in [9.17, 15) is 4.79 Å². The predicted molar refractivity (Wildman–Crippen MR) is 121 cm³/mol. The lowest BCUT2D eigenvalue weighted by molar-refractivity contribution is 0.0937. The van der Waals surface area contributed by atoms with Gasteiger partial charge in [0.2, 0.25) is 0 Å². The van der Waals surface area contributed by atoms with E-state index >= 15 is 0 Å². The Morgan fingerprint density at radius 1 is 1.03 bits per heavy atom. The lowest BCUT2D eigenvalue weighted by atomic mass is 10.2. The molecule has 32 heavy (non-hydrogen) atoms. The summed E-state index contributed by atoms with van der Waals surface area (Å²) < 4.78 is 12.7. The van der Waals surface area contributed by atoms with Gasteiger partial charge in [-0.15, -0.1) is 10.2 Å². The van der Waals surface area contributed by atoms with Crippen molar-refractivity contribution in [2.75, 3.05) is 27.3 Å². The summed E-state index contributed by atoms with van der Waals surface area (Å²) in [6.07, 6.45) is 0.813. The van der Waals surface area contributed by atoms with E-state index in [-0.39, 0.29) is 11.9 Å². The Bertz CT molecular complexity index is 1080. The molecular formula is C24H29N5O3. The maximum Gasteiger partial charge on any atom is 0.251 e. The summed E-state index contributed by atoms with van der Waals surface area (Å²) in [5, 5.41) is 11.8. The van der Waals surface area contributed by atoms with Gasteiger partial charge in [0.05, 0.1) is 20.3 Å². The number of rotatable bonds is 7. The predicted octanol–water partition coefficient (Wildman–Crippen LogP) is 2.84. The molecule has 8 heteroatoms. The van der Waals surface area contributed by atoms with Gasteiger partial charge in [0, 0.05) is 38.2 Å². The van der Waals surface area contributed by atoms with Crippen molar-refractivity contribution in [2.45, 2.75) is 32.5 Å². The molecule has 0 fully saturated rings. The van der Waals surface area contributed by atoms with Crippen molar-refractivity contribution in [3.8, 4) is 11.5 Å². The smallest absolute Gasteiger partial charge is 0.251 e. The van der Waals surface area contributed by atoms with Crippen molar-refractivity contribution >= 4 is 5.91 Å². The lowest BCUT2D eigenvalue weighted by Crippen LogP contribution is -2.30. The third kappa shape index (κ3) is 4.91. The van der Waals surface area contributed by atoms with Crippen LogP contribution in [0.25, 0.3) is 0 Å². The largest absolute Gasteiger partial charge is 0.497 e. The highest BCUT2D eigenvalue weighted by atomic mass is 16.5. The van der Waals surface area contributed by atoms with Crippen molar-refractivity contribution in [3.63, 3.8) is 0 Å². The van der Waals surface area contributed by atoms with Gasteiger partial charge in [-0.25, -0.2) is 0 Å². The van der Waals surface area contributed by atoms with Crippen molar-refractivity contribution < 1.29 is 14.3 Å². The third-order valence-electron chi connectivity index (χ3n) is 5.75. The molecule has 1 atom stereocenters. The first kappa shape index (κ1) is 21.8. The molecule has 1 amide bonds. The first-order valence-corrected chi connectivity index (χ1v) is 10.8. The molecule has 2 aromatic carbocycles. The van der Waals surface area contributed by atoms with E-state index < -0.39 is 0 Å². The summed E-state index contributed by atoms with van der Waals surface area (Å²) in [4.78, 5) is 15.1. The van der Waals surface area contributed by atoms with Crippen molar-refractivity contribution in [1.29, 1.82) is 0 Å². The van der Waals surface area contributed by atoms with Gasteiger partial charge in [-0.05, 0) is 42.8 Å². The molecular weight excluding hydrogens is 406 g/mol. The monoisotopic (exact) mass is 435 g/mol. The third-order valence-corrected chi connectivity index (χ3v) is 5.75. The highest BCUT2D eigenvalue weighted by Gasteiger charge is 2.23. The molecule has 8 nitrogen and oxygen atoms in total. The summed E-state index contributed by atoms with van der Waals surface area (Å²) in [6.45, 7) is 5.36. The topological polar surface area (TPSA) is 81.5 Å². The van der Waals surface area contributed by atoms with Crippen LogP contribution in [0, 0.1) is 0 Å². The average molecular weight is 436 g/mol. The molecule has 0 bridgehead atoms. The van der Waals surface area contributed by atoms with E-state index in [1.165, 1.54) is 5.56 Å². The molecule has 0 aliphatic carbocycles. The molecule has 0 saturated heterocycles.